The Morgan fingerprint density at radius 2 is 1.76 bits per heavy atom. The lowest BCUT2D eigenvalue weighted by molar-refractivity contribution is -0.206. The van der Waals surface area contributed by atoms with Gasteiger partial charge in [0.05, 0.1) is 13.2 Å². The maximum atomic E-state index is 6.11. The van der Waals surface area contributed by atoms with Gasteiger partial charge in [0, 0.05) is 11.5 Å². The second kappa shape index (κ2) is 11.8. The van der Waals surface area contributed by atoms with E-state index in [1.54, 1.807) is 0 Å². The molecule has 2 aliphatic rings. The molecular formula is C26H40O3. The van der Waals surface area contributed by atoms with Crippen molar-refractivity contribution in [2.75, 3.05) is 19.8 Å². The Labute approximate surface area is 177 Å². The summed E-state index contributed by atoms with van der Waals surface area (Å²) >= 11 is 0. The Kier molecular flexibility index (Phi) is 9.07. The first-order valence-corrected chi connectivity index (χ1v) is 11.9. The lowest BCUT2D eigenvalue weighted by atomic mass is 9.77. The Balaban J connectivity index is 1.68. The van der Waals surface area contributed by atoms with Gasteiger partial charge in [0.1, 0.15) is 12.4 Å². The smallest absolute Gasteiger partial charge is 0.183 e. The standard InChI is InChI=1S/C26H40O3/c1-4-7-9-21-18-28-26(29-19-21)23-14-15-25(27-16-6-3)24(17-23)22-12-10-20(8-5-2)11-13-22/h6,14-15,17,20-22,26H,3-5,7-13,16,18-19H2,1-2H3. The van der Waals surface area contributed by atoms with Crippen LogP contribution >= 0.6 is 0 Å². The number of rotatable bonds is 10. The van der Waals surface area contributed by atoms with E-state index in [9.17, 15) is 0 Å². The average molecular weight is 401 g/mol. The predicted molar refractivity (Wildman–Crippen MR) is 119 cm³/mol. The zero-order valence-electron chi connectivity index (χ0n) is 18.5. The maximum absolute atomic E-state index is 6.11. The molecule has 1 aromatic carbocycles. The second-order valence-electron chi connectivity index (χ2n) is 8.91. The zero-order valence-corrected chi connectivity index (χ0v) is 18.5. The molecule has 3 heteroatoms. The average Bonchev–Trinajstić information content (AvgIpc) is 2.77. The van der Waals surface area contributed by atoms with Crippen molar-refractivity contribution >= 4 is 0 Å². The Morgan fingerprint density at radius 1 is 1.00 bits per heavy atom. The lowest BCUT2D eigenvalue weighted by Crippen LogP contribution is -2.27. The van der Waals surface area contributed by atoms with Gasteiger partial charge in [-0.1, -0.05) is 58.3 Å². The highest BCUT2D eigenvalue weighted by atomic mass is 16.7. The van der Waals surface area contributed by atoms with Crippen molar-refractivity contribution in [1.82, 2.24) is 0 Å². The van der Waals surface area contributed by atoms with Gasteiger partial charge in [0.2, 0.25) is 0 Å². The summed E-state index contributed by atoms with van der Waals surface area (Å²) in [5, 5.41) is 0. The maximum Gasteiger partial charge on any atom is 0.183 e. The molecule has 0 aromatic heterocycles. The van der Waals surface area contributed by atoms with Crippen LogP contribution in [-0.2, 0) is 9.47 Å². The number of hydrogen-bond acceptors (Lipinski definition) is 3. The first-order chi connectivity index (χ1) is 14.2. The molecule has 0 radical (unpaired) electrons. The normalized spacial score (nSPS) is 27.5. The highest BCUT2D eigenvalue weighted by Crippen LogP contribution is 2.42. The summed E-state index contributed by atoms with van der Waals surface area (Å²) in [7, 11) is 0. The van der Waals surface area contributed by atoms with E-state index in [4.69, 9.17) is 14.2 Å². The van der Waals surface area contributed by atoms with Gasteiger partial charge in [-0.3, -0.25) is 0 Å². The van der Waals surface area contributed by atoms with Gasteiger partial charge in [0.25, 0.3) is 0 Å². The van der Waals surface area contributed by atoms with E-state index in [2.05, 4.69) is 38.6 Å². The molecule has 2 fully saturated rings. The molecule has 1 aliphatic carbocycles. The molecule has 1 aliphatic heterocycles. The summed E-state index contributed by atoms with van der Waals surface area (Å²) in [4.78, 5) is 0. The van der Waals surface area contributed by atoms with Crippen LogP contribution in [0.5, 0.6) is 5.75 Å². The molecule has 0 amide bonds. The van der Waals surface area contributed by atoms with Gasteiger partial charge in [-0.15, -0.1) is 0 Å². The summed E-state index contributed by atoms with van der Waals surface area (Å²) in [5.41, 5.74) is 2.47. The van der Waals surface area contributed by atoms with Gasteiger partial charge in [0.15, 0.2) is 6.29 Å². The van der Waals surface area contributed by atoms with Crippen LogP contribution in [0.2, 0.25) is 0 Å². The fraction of sp³-hybridized carbons (Fsp3) is 0.692. The third kappa shape index (κ3) is 6.33. The van der Waals surface area contributed by atoms with Gasteiger partial charge < -0.3 is 14.2 Å². The minimum Gasteiger partial charge on any atom is -0.489 e. The summed E-state index contributed by atoms with van der Waals surface area (Å²) < 4.78 is 18.2. The van der Waals surface area contributed by atoms with Crippen molar-refractivity contribution in [3.05, 3.63) is 42.0 Å². The molecule has 162 valence electrons. The molecular weight excluding hydrogens is 360 g/mol. The molecule has 0 unspecified atom stereocenters. The third-order valence-electron chi connectivity index (χ3n) is 6.58. The van der Waals surface area contributed by atoms with Crippen LogP contribution < -0.4 is 4.74 Å². The van der Waals surface area contributed by atoms with E-state index in [1.807, 2.05) is 6.08 Å². The van der Waals surface area contributed by atoms with Gasteiger partial charge in [-0.25, -0.2) is 0 Å². The van der Waals surface area contributed by atoms with E-state index < -0.39 is 0 Å². The highest BCUT2D eigenvalue weighted by Gasteiger charge is 2.27. The van der Waals surface area contributed by atoms with Crippen molar-refractivity contribution in [3.63, 3.8) is 0 Å². The molecule has 29 heavy (non-hydrogen) atoms. The molecule has 1 saturated heterocycles. The Bertz CT molecular complexity index is 610. The van der Waals surface area contributed by atoms with E-state index in [0.29, 0.717) is 18.4 Å². The van der Waals surface area contributed by atoms with E-state index in [-0.39, 0.29) is 6.29 Å². The Morgan fingerprint density at radius 3 is 2.41 bits per heavy atom. The number of unbranched alkanes of at least 4 members (excludes halogenated alkanes) is 1. The SMILES string of the molecule is C=CCOc1ccc(C2OCC(CCCC)CO2)cc1C1CCC(CCC)CC1. The number of hydrogen-bond donors (Lipinski definition) is 0. The summed E-state index contributed by atoms with van der Waals surface area (Å²) in [6.07, 6.45) is 13.1. The van der Waals surface area contributed by atoms with E-state index in [1.165, 1.54) is 63.4 Å². The van der Waals surface area contributed by atoms with Gasteiger partial charge in [-0.05, 0) is 61.6 Å². The van der Waals surface area contributed by atoms with Crippen LogP contribution in [0, 0.1) is 11.8 Å². The van der Waals surface area contributed by atoms with Crippen molar-refractivity contribution in [2.45, 2.75) is 83.8 Å². The fourth-order valence-corrected chi connectivity index (χ4v) is 4.88. The summed E-state index contributed by atoms with van der Waals surface area (Å²) in [6, 6.07) is 6.52. The first kappa shape index (κ1) is 22.4. The van der Waals surface area contributed by atoms with Crippen molar-refractivity contribution in [2.24, 2.45) is 11.8 Å². The topological polar surface area (TPSA) is 27.7 Å². The molecule has 0 bridgehead atoms. The van der Waals surface area contributed by atoms with Crippen LogP contribution in [0.3, 0.4) is 0 Å². The molecule has 1 saturated carbocycles. The molecule has 3 nitrogen and oxygen atoms in total. The molecule has 1 heterocycles. The lowest BCUT2D eigenvalue weighted by Gasteiger charge is -2.32. The van der Waals surface area contributed by atoms with Crippen LogP contribution in [0.15, 0.2) is 30.9 Å². The number of ether oxygens (including phenoxy) is 3. The Hall–Kier alpha value is -1.32. The summed E-state index contributed by atoms with van der Waals surface area (Å²) in [5.74, 6) is 3.02. The van der Waals surface area contributed by atoms with Crippen molar-refractivity contribution in [1.29, 1.82) is 0 Å². The fourth-order valence-electron chi connectivity index (χ4n) is 4.88. The number of benzene rings is 1. The minimum atomic E-state index is -0.239. The van der Waals surface area contributed by atoms with Crippen molar-refractivity contribution in [3.8, 4) is 5.75 Å². The van der Waals surface area contributed by atoms with E-state index >= 15 is 0 Å². The molecule has 1 aromatic rings. The first-order valence-electron chi connectivity index (χ1n) is 11.9. The van der Waals surface area contributed by atoms with Gasteiger partial charge in [-0.2, -0.15) is 0 Å². The van der Waals surface area contributed by atoms with Crippen LogP contribution in [0.4, 0.5) is 0 Å². The minimum absolute atomic E-state index is 0.239. The quantitative estimate of drug-likeness (QED) is 0.389. The monoisotopic (exact) mass is 400 g/mol. The molecule has 0 atom stereocenters. The van der Waals surface area contributed by atoms with Crippen LogP contribution in [-0.4, -0.2) is 19.8 Å². The molecule has 0 spiro atoms. The van der Waals surface area contributed by atoms with Crippen LogP contribution in [0.25, 0.3) is 0 Å². The second-order valence-corrected chi connectivity index (χ2v) is 8.91. The molecule has 0 N–H and O–H groups in total. The zero-order chi connectivity index (χ0) is 20.5. The van der Waals surface area contributed by atoms with E-state index in [0.717, 1.165) is 30.4 Å². The largest absolute Gasteiger partial charge is 0.489 e. The molecule has 3 rings (SSSR count). The van der Waals surface area contributed by atoms with Crippen LogP contribution in [0.1, 0.15) is 95.0 Å². The summed E-state index contributed by atoms with van der Waals surface area (Å²) in [6.45, 7) is 10.5. The predicted octanol–water partition coefficient (Wildman–Crippen LogP) is 7.18. The highest BCUT2D eigenvalue weighted by molar-refractivity contribution is 5.40. The third-order valence-corrected chi connectivity index (χ3v) is 6.58. The van der Waals surface area contributed by atoms with Crippen molar-refractivity contribution < 1.29 is 14.2 Å². The van der Waals surface area contributed by atoms with Gasteiger partial charge >= 0.3 is 0 Å².